The first-order chi connectivity index (χ1) is 25.3. The van der Waals surface area contributed by atoms with Gasteiger partial charge in [0.25, 0.3) is 5.91 Å². The third-order valence-corrected chi connectivity index (χ3v) is 10.2. The number of amides is 2. The number of piperidine rings is 1. The van der Waals surface area contributed by atoms with Crippen LogP contribution in [-0.2, 0) is 16.0 Å². The average molecular weight is 729 g/mol. The minimum atomic E-state index is -0.534. The summed E-state index contributed by atoms with van der Waals surface area (Å²) in [4.78, 5) is 32.3. The van der Waals surface area contributed by atoms with Crippen LogP contribution in [0.5, 0.6) is 0 Å². The minimum Gasteiger partial charge on any atom is -0.444 e. The number of nitrogens with one attached hydrogen (secondary N) is 4. The maximum absolute atomic E-state index is 13.3. The van der Waals surface area contributed by atoms with Crippen molar-refractivity contribution in [3.05, 3.63) is 88.4 Å². The van der Waals surface area contributed by atoms with Gasteiger partial charge in [0.1, 0.15) is 17.5 Å². The van der Waals surface area contributed by atoms with E-state index in [1.807, 2.05) is 57.2 Å². The van der Waals surface area contributed by atoms with Gasteiger partial charge in [-0.3, -0.25) is 14.7 Å². The molecule has 1 aromatic carbocycles. The van der Waals surface area contributed by atoms with E-state index in [-0.39, 0.29) is 24.2 Å². The number of ether oxygens (including phenoxy) is 2. The Morgan fingerprint density at radius 3 is 2.55 bits per heavy atom. The zero-order valence-corrected chi connectivity index (χ0v) is 33.6. The molecule has 2 amide bonds. The van der Waals surface area contributed by atoms with Crippen LogP contribution in [0.15, 0.2) is 71.6 Å². The van der Waals surface area contributed by atoms with E-state index in [2.05, 4.69) is 85.0 Å². The molecule has 3 heterocycles. The minimum absolute atomic E-state index is 0.0187. The quantitative estimate of drug-likeness (QED) is 0.127. The molecule has 1 fully saturated rings. The first-order valence-electron chi connectivity index (χ1n) is 19.5. The number of aromatic nitrogens is 1. The molecule has 0 aliphatic carbocycles. The SMILES string of the molecule is CCCOCCC(C)C(C)/C(C)=C1\C=C(c2ccc(NC(=O)c3cc(CN4CCCC(NC(=O)OC(C)(C)C)C4)ccn3)cc2)NC1NC=C(C)CC. The highest BCUT2D eigenvalue weighted by Crippen LogP contribution is 2.32. The van der Waals surface area contributed by atoms with E-state index >= 15 is 0 Å². The van der Waals surface area contributed by atoms with Gasteiger partial charge in [-0.1, -0.05) is 51.0 Å². The lowest BCUT2D eigenvalue weighted by atomic mass is 9.84. The Balaban J connectivity index is 1.40. The molecule has 0 spiro atoms. The first kappa shape index (κ1) is 41.6. The zero-order valence-electron chi connectivity index (χ0n) is 33.6. The van der Waals surface area contributed by atoms with Crippen molar-refractivity contribution in [1.82, 2.24) is 25.8 Å². The van der Waals surface area contributed by atoms with Crippen LogP contribution < -0.4 is 21.3 Å². The first-order valence-corrected chi connectivity index (χ1v) is 19.5. The molecular weight excluding hydrogens is 665 g/mol. The standard InChI is InChI=1S/C43H64N6O4/c1-10-22-52-23-19-30(4)31(5)32(6)37-25-38(48-40(37)45-26-29(3)11-2)34-14-16-35(17-15-34)46-41(50)39-24-33(18-20-44-39)27-49-21-12-13-36(28-49)47-42(51)53-43(7,8)9/h14-18,20,24-26,30-31,36,40,45,48H,10-13,19,21-23,27-28H2,1-9H3,(H,46,50)(H,47,51)/b29-26?,37-32+. The van der Waals surface area contributed by atoms with Crippen molar-refractivity contribution in [2.45, 2.75) is 119 Å². The number of alkyl carbamates (subject to hydrolysis) is 1. The van der Waals surface area contributed by atoms with Crippen LogP contribution in [0.4, 0.5) is 10.5 Å². The van der Waals surface area contributed by atoms with Crippen LogP contribution in [-0.4, -0.2) is 66.0 Å². The molecule has 53 heavy (non-hydrogen) atoms. The monoisotopic (exact) mass is 728 g/mol. The molecule has 4 unspecified atom stereocenters. The van der Waals surface area contributed by atoms with Crippen LogP contribution in [0.25, 0.3) is 5.70 Å². The summed E-state index contributed by atoms with van der Waals surface area (Å²) in [6, 6.07) is 11.7. The third kappa shape index (κ3) is 13.0. The molecule has 2 aliphatic heterocycles. The highest BCUT2D eigenvalue weighted by atomic mass is 16.6. The number of rotatable bonds is 16. The van der Waals surface area contributed by atoms with Crippen molar-refractivity contribution in [3.63, 3.8) is 0 Å². The Morgan fingerprint density at radius 2 is 1.85 bits per heavy atom. The molecule has 2 aromatic rings. The van der Waals surface area contributed by atoms with Gasteiger partial charge in [-0.15, -0.1) is 0 Å². The molecule has 2 aliphatic rings. The molecule has 0 bridgehead atoms. The van der Waals surface area contributed by atoms with Gasteiger partial charge >= 0.3 is 6.09 Å². The predicted molar refractivity (Wildman–Crippen MR) is 215 cm³/mol. The highest BCUT2D eigenvalue weighted by Gasteiger charge is 2.27. The van der Waals surface area contributed by atoms with Crippen molar-refractivity contribution in [2.75, 3.05) is 31.6 Å². The number of nitrogens with zero attached hydrogens (tertiary/aromatic N) is 2. The van der Waals surface area contributed by atoms with Gasteiger partial charge in [-0.2, -0.15) is 0 Å². The third-order valence-electron chi connectivity index (χ3n) is 10.2. The molecular formula is C43H64N6O4. The fraction of sp³-hybridized carbons (Fsp3) is 0.558. The number of carbonyl (C=O) groups is 2. The number of carbonyl (C=O) groups excluding carboxylic acids is 2. The fourth-order valence-corrected chi connectivity index (χ4v) is 6.61. The second-order valence-corrected chi connectivity index (χ2v) is 15.8. The number of anilines is 1. The Kier molecular flexibility index (Phi) is 15.5. The Labute approximate surface area is 318 Å². The van der Waals surface area contributed by atoms with Gasteiger partial charge in [-0.05, 0) is 138 Å². The van der Waals surface area contributed by atoms with Gasteiger partial charge in [0.05, 0.1) is 0 Å². The van der Waals surface area contributed by atoms with Gasteiger partial charge in [-0.25, -0.2) is 4.79 Å². The second-order valence-electron chi connectivity index (χ2n) is 15.8. The lowest BCUT2D eigenvalue weighted by Crippen LogP contribution is -2.48. The van der Waals surface area contributed by atoms with Crippen molar-refractivity contribution in [3.8, 4) is 0 Å². The lowest BCUT2D eigenvalue weighted by molar-refractivity contribution is 0.0470. The largest absolute Gasteiger partial charge is 0.444 e. The van der Waals surface area contributed by atoms with E-state index in [9.17, 15) is 9.59 Å². The molecule has 4 atom stereocenters. The van der Waals surface area contributed by atoms with Gasteiger partial charge in [0, 0.05) is 49.9 Å². The maximum Gasteiger partial charge on any atom is 0.407 e. The van der Waals surface area contributed by atoms with E-state index in [1.54, 1.807) is 6.20 Å². The van der Waals surface area contributed by atoms with Crippen LogP contribution in [0.3, 0.4) is 0 Å². The Morgan fingerprint density at radius 1 is 1.09 bits per heavy atom. The normalized spacial score (nSPS) is 20.2. The summed E-state index contributed by atoms with van der Waals surface area (Å²) in [6.07, 6.45) is 10.6. The molecule has 1 saturated heterocycles. The summed E-state index contributed by atoms with van der Waals surface area (Å²) in [5, 5.41) is 13.4. The number of hydrogen-bond donors (Lipinski definition) is 4. The Bertz CT molecular complexity index is 1610. The van der Waals surface area contributed by atoms with Crippen LogP contribution in [0.1, 0.15) is 116 Å². The summed E-state index contributed by atoms with van der Waals surface area (Å²) < 4.78 is 11.2. The van der Waals surface area contributed by atoms with Crippen molar-refractivity contribution in [2.24, 2.45) is 11.8 Å². The van der Waals surface area contributed by atoms with Gasteiger partial charge in [0.15, 0.2) is 0 Å². The van der Waals surface area contributed by atoms with Gasteiger partial charge in [0.2, 0.25) is 0 Å². The van der Waals surface area contributed by atoms with E-state index in [1.165, 1.54) is 16.7 Å². The number of likely N-dealkylation sites (tertiary alicyclic amines) is 1. The van der Waals surface area contributed by atoms with Crippen LogP contribution in [0, 0.1) is 11.8 Å². The summed E-state index contributed by atoms with van der Waals surface area (Å²) in [6.45, 7) is 22.8. The molecule has 4 rings (SSSR count). The van der Waals surface area contributed by atoms with E-state index < -0.39 is 5.60 Å². The molecule has 290 valence electrons. The second kappa shape index (κ2) is 19.8. The molecule has 4 N–H and O–H groups in total. The summed E-state index contributed by atoms with van der Waals surface area (Å²) >= 11 is 0. The van der Waals surface area contributed by atoms with Crippen molar-refractivity contribution < 1.29 is 19.1 Å². The van der Waals surface area contributed by atoms with Crippen LogP contribution in [0.2, 0.25) is 0 Å². The molecule has 0 radical (unpaired) electrons. The number of hydrogen-bond acceptors (Lipinski definition) is 8. The summed E-state index contributed by atoms with van der Waals surface area (Å²) in [5.74, 6) is 0.636. The molecule has 1 aromatic heterocycles. The van der Waals surface area contributed by atoms with Crippen LogP contribution >= 0.6 is 0 Å². The van der Waals surface area contributed by atoms with E-state index in [4.69, 9.17) is 9.47 Å². The Hall–Kier alpha value is -4.15. The van der Waals surface area contributed by atoms with E-state index in [0.29, 0.717) is 29.8 Å². The van der Waals surface area contributed by atoms with E-state index in [0.717, 1.165) is 75.2 Å². The summed E-state index contributed by atoms with van der Waals surface area (Å²) in [7, 11) is 0. The average Bonchev–Trinajstić information content (AvgIpc) is 3.55. The topological polar surface area (TPSA) is 117 Å². The predicted octanol–water partition coefficient (Wildman–Crippen LogP) is 8.40. The lowest BCUT2D eigenvalue weighted by Gasteiger charge is -2.33. The molecule has 10 heteroatoms. The van der Waals surface area contributed by atoms with Crippen molar-refractivity contribution >= 4 is 23.4 Å². The zero-order chi connectivity index (χ0) is 38.5. The highest BCUT2D eigenvalue weighted by molar-refractivity contribution is 6.03. The smallest absolute Gasteiger partial charge is 0.407 e. The number of pyridine rings is 1. The number of benzene rings is 1. The number of allylic oxidation sites excluding steroid dienone is 2. The fourth-order valence-electron chi connectivity index (χ4n) is 6.61. The maximum atomic E-state index is 13.3. The van der Waals surface area contributed by atoms with Crippen molar-refractivity contribution in [1.29, 1.82) is 0 Å². The summed E-state index contributed by atoms with van der Waals surface area (Å²) in [5.41, 5.74) is 7.53. The molecule has 0 saturated carbocycles. The van der Waals surface area contributed by atoms with Gasteiger partial charge < -0.3 is 30.7 Å². The molecule has 10 nitrogen and oxygen atoms in total.